The van der Waals surface area contributed by atoms with Gasteiger partial charge >= 0.3 is 6.18 Å². The number of hydrogen-bond acceptors (Lipinski definition) is 5. The maximum Gasteiger partial charge on any atom is 0.408 e. The molecule has 0 spiro atoms. The lowest BCUT2D eigenvalue weighted by molar-refractivity contribution is -0.158. The standard InChI is InChI=1S/C19H17F3N6O2/c1-9-7-14(12-3-2-4-13(25-12)16(23)29)26-17-11(8-24-28(9)17)18(30)27-15(10-5-6-10)19(20,21)22/h2-4,7-8,10,15H,5-6H2,1H3,(H2,23,29)(H,27,30). The van der Waals surface area contributed by atoms with E-state index in [4.69, 9.17) is 5.73 Å². The molecule has 1 aliphatic carbocycles. The van der Waals surface area contributed by atoms with E-state index in [1.54, 1.807) is 25.1 Å². The number of nitrogens with zero attached hydrogens (tertiary/aromatic N) is 4. The van der Waals surface area contributed by atoms with Gasteiger partial charge in [0.25, 0.3) is 11.8 Å². The van der Waals surface area contributed by atoms with Crippen LogP contribution < -0.4 is 11.1 Å². The average molecular weight is 418 g/mol. The summed E-state index contributed by atoms with van der Waals surface area (Å²) < 4.78 is 41.2. The van der Waals surface area contributed by atoms with Crippen molar-refractivity contribution in [1.82, 2.24) is 24.9 Å². The zero-order valence-corrected chi connectivity index (χ0v) is 15.8. The number of nitrogens with two attached hydrogens (primary N) is 1. The summed E-state index contributed by atoms with van der Waals surface area (Å²) in [6.45, 7) is 1.70. The summed E-state index contributed by atoms with van der Waals surface area (Å²) in [5, 5.41) is 6.15. The molecule has 1 aliphatic rings. The predicted molar refractivity (Wildman–Crippen MR) is 99.5 cm³/mol. The number of fused-ring (bicyclic) bond motifs is 1. The Kier molecular flexibility index (Phi) is 4.67. The van der Waals surface area contributed by atoms with E-state index in [2.05, 4.69) is 20.4 Å². The Morgan fingerprint density at radius 3 is 2.60 bits per heavy atom. The summed E-state index contributed by atoms with van der Waals surface area (Å²) in [6.07, 6.45) is -2.51. The Bertz CT molecular complexity index is 1150. The van der Waals surface area contributed by atoms with Crippen LogP contribution in [0.4, 0.5) is 13.2 Å². The van der Waals surface area contributed by atoms with Crippen molar-refractivity contribution in [3.63, 3.8) is 0 Å². The van der Waals surface area contributed by atoms with E-state index in [0.29, 0.717) is 29.9 Å². The molecule has 1 unspecified atom stereocenters. The minimum atomic E-state index is -4.53. The Balaban J connectivity index is 1.73. The maximum absolute atomic E-state index is 13.3. The van der Waals surface area contributed by atoms with Crippen molar-refractivity contribution < 1.29 is 22.8 Å². The number of carbonyl (C=O) groups excluding carboxylic acids is 2. The number of halogens is 3. The third-order valence-corrected chi connectivity index (χ3v) is 4.89. The largest absolute Gasteiger partial charge is 0.408 e. The van der Waals surface area contributed by atoms with E-state index in [9.17, 15) is 22.8 Å². The average Bonchev–Trinajstić information content (AvgIpc) is 3.42. The van der Waals surface area contributed by atoms with E-state index in [1.807, 2.05) is 0 Å². The molecule has 4 rings (SSSR count). The fourth-order valence-corrected chi connectivity index (χ4v) is 3.23. The lowest BCUT2D eigenvalue weighted by Gasteiger charge is -2.20. The second kappa shape index (κ2) is 7.08. The maximum atomic E-state index is 13.3. The van der Waals surface area contributed by atoms with Crippen LogP contribution in [0.3, 0.4) is 0 Å². The van der Waals surface area contributed by atoms with E-state index < -0.39 is 30.0 Å². The molecule has 3 aromatic rings. The van der Waals surface area contributed by atoms with Crippen molar-refractivity contribution in [3.05, 3.63) is 47.4 Å². The molecule has 1 atom stereocenters. The van der Waals surface area contributed by atoms with E-state index >= 15 is 0 Å². The van der Waals surface area contributed by atoms with Crippen LogP contribution in [-0.4, -0.2) is 43.6 Å². The fourth-order valence-electron chi connectivity index (χ4n) is 3.23. The van der Waals surface area contributed by atoms with Crippen molar-refractivity contribution in [1.29, 1.82) is 0 Å². The third-order valence-electron chi connectivity index (χ3n) is 4.89. The van der Waals surface area contributed by atoms with Crippen LogP contribution in [0.2, 0.25) is 0 Å². The molecular formula is C19H17F3N6O2. The third kappa shape index (κ3) is 3.70. The molecule has 0 bridgehead atoms. The number of aryl methyl sites for hydroxylation is 1. The van der Waals surface area contributed by atoms with E-state index in [1.165, 1.54) is 16.8 Å². The highest BCUT2D eigenvalue weighted by Crippen LogP contribution is 2.40. The van der Waals surface area contributed by atoms with Gasteiger partial charge in [-0.3, -0.25) is 9.59 Å². The molecular weight excluding hydrogens is 401 g/mol. The van der Waals surface area contributed by atoms with Crippen LogP contribution in [0.1, 0.15) is 39.4 Å². The molecule has 0 saturated heterocycles. The summed E-state index contributed by atoms with van der Waals surface area (Å²) in [4.78, 5) is 32.5. The molecule has 3 heterocycles. The number of carbonyl (C=O) groups is 2. The van der Waals surface area contributed by atoms with Crippen LogP contribution in [-0.2, 0) is 0 Å². The smallest absolute Gasteiger partial charge is 0.364 e. The number of rotatable bonds is 5. The Morgan fingerprint density at radius 1 is 1.23 bits per heavy atom. The van der Waals surface area contributed by atoms with Gasteiger partial charge in [0.1, 0.15) is 17.3 Å². The molecule has 30 heavy (non-hydrogen) atoms. The lowest BCUT2D eigenvalue weighted by atomic mass is 10.1. The number of aromatic nitrogens is 4. The van der Waals surface area contributed by atoms with Gasteiger partial charge in [-0.05, 0) is 43.9 Å². The van der Waals surface area contributed by atoms with Crippen molar-refractivity contribution in [3.8, 4) is 11.4 Å². The molecule has 3 N–H and O–H groups in total. The topological polar surface area (TPSA) is 115 Å². The summed E-state index contributed by atoms with van der Waals surface area (Å²) >= 11 is 0. The highest BCUT2D eigenvalue weighted by Gasteiger charge is 2.49. The molecule has 156 valence electrons. The molecule has 0 aliphatic heterocycles. The second-order valence-electron chi connectivity index (χ2n) is 7.18. The quantitative estimate of drug-likeness (QED) is 0.660. The molecule has 1 fully saturated rings. The summed E-state index contributed by atoms with van der Waals surface area (Å²) in [5.41, 5.74) is 6.54. The summed E-state index contributed by atoms with van der Waals surface area (Å²) in [5.74, 6) is -2.22. The number of amides is 2. The van der Waals surface area contributed by atoms with Crippen LogP contribution in [0.5, 0.6) is 0 Å². The normalized spacial score (nSPS) is 15.2. The zero-order chi connectivity index (χ0) is 21.6. The van der Waals surface area contributed by atoms with Gasteiger partial charge in [0, 0.05) is 5.69 Å². The van der Waals surface area contributed by atoms with Crippen molar-refractivity contribution in [2.45, 2.75) is 32.0 Å². The summed E-state index contributed by atoms with van der Waals surface area (Å²) in [6, 6.07) is 4.37. The van der Waals surface area contributed by atoms with E-state index in [0.717, 1.165) is 0 Å². The van der Waals surface area contributed by atoms with Gasteiger partial charge in [0.05, 0.1) is 17.6 Å². The fraction of sp³-hybridized carbons (Fsp3) is 0.316. The van der Waals surface area contributed by atoms with Crippen molar-refractivity contribution in [2.24, 2.45) is 11.7 Å². The molecule has 1 saturated carbocycles. The molecule has 0 radical (unpaired) electrons. The van der Waals surface area contributed by atoms with Gasteiger partial charge in [-0.2, -0.15) is 18.3 Å². The first-order chi connectivity index (χ1) is 14.1. The number of nitrogens with one attached hydrogen (secondary N) is 1. The van der Waals surface area contributed by atoms with Gasteiger partial charge in [-0.1, -0.05) is 6.07 Å². The van der Waals surface area contributed by atoms with Crippen LogP contribution in [0.25, 0.3) is 17.0 Å². The monoisotopic (exact) mass is 418 g/mol. The Hall–Kier alpha value is -3.50. The van der Waals surface area contributed by atoms with Crippen molar-refractivity contribution in [2.75, 3.05) is 0 Å². The lowest BCUT2D eigenvalue weighted by Crippen LogP contribution is -2.46. The van der Waals surface area contributed by atoms with Crippen LogP contribution in [0, 0.1) is 12.8 Å². The Morgan fingerprint density at radius 2 is 1.97 bits per heavy atom. The molecule has 2 amide bonds. The van der Waals surface area contributed by atoms with Crippen molar-refractivity contribution >= 4 is 17.5 Å². The number of pyridine rings is 1. The first kappa shape index (κ1) is 19.8. The van der Waals surface area contributed by atoms with Gasteiger partial charge in [0.2, 0.25) is 0 Å². The number of hydrogen-bond donors (Lipinski definition) is 2. The highest BCUT2D eigenvalue weighted by atomic mass is 19.4. The zero-order valence-electron chi connectivity index (χ0n) is 15.8. The van der Waals surface area contributed by atoms with Crippen LogP contribution in [0.15, 0.2) is 30.5 Å². The van der Waals surface area contributed by atoms with Crippen LogP contribution >= 0.6 is 0 Å². The predicted octanol–water partition coefficient (Wildman–Crippen LogP) is 2.27. The highest BCUT2D eigenvalue weighted by molar-refractivity contribution is 6.00. The SMILES string of the molecule is Cc1cc(-c2cccc(C(N)=O)n2)nc2c(C(=O)NC(C3CC3)C(F)(F)F)cnn12. The van der Waals surface area contributed by atoms with Gasteiger partial charge in [-0.25, -0.2) is 14.5 Å². The molecule has 0 aromatic carbocycles. The second-order valence-corrected chi connectivity index (χ2v) is 7.18. The summed E-state index contributed by atoms with van der Waals surface area (Å²) in [7, 11) is 0. The molecule has 3 aromatic heterocycles. The first-order valence-corrected chi connectivity index (χ1v) is 9.15. The number of alkyl halides is 3. The number of primary amides is 1. The van der Waals surface area contributed by atoms with Gasteiger partial charge < -0.3 is 11.1 Å². The van der Waals surface area contributed by atoms with Gasteiger partial charge in [0.15, 0.2) is 5.65 Å². The Labute approximate surface area is 168 Å². The molecule has 8 nitrogen and oxygen atoms in total. The first-order valence-electron chi connectivity index (χ1n) is 9.15. The van der Waals surface area contributed by atoms with Gasteiger partial charge in [-0.15, -0.1) is 0 Å². The minimum Gasteiger partial charge on any atom is -0.364 e. The minimum absolute atomic E-state index is 0.0377. The van der Waals surface area contributed by atoms with E-state index in [-0.39, 0.29) is 16.9 Å². The molecule has 11 heteroatoms.